The lowest BCUT2D eigenvalue weighted by Gasteiger charge is -2.17. The van der Waals surface area contributed by atoms with Gasteiger partial charge in [-0.15, -0.1) is 0 Å². The minimum atomic E-state index is -0.431. The molecule has 0 aliphatic rings. The lowest BCUT2D eigenvalue weighted by molar-refractivity contribution is -0.384. The molecule has 2 N–H and O–H groups in total. The van der Waals surface area contributed by atoms with E-state index < -0.39 is 4.92 Å². The Hall–Kier alpha value is -1.95. The zero-order chi connectivity index (χ0) is 15.1. The van der Waals surface area contributed by atoms with Gasteiger partial charge in [-0.3, -0.25) is 14.9 Å². The first kappa shape index (κ1) is 16.1. The van der Waals surface area contributed by atoms with Crippen molar-refractivity contribution in [2.45, 2.75) is 45.8 Å². The van der Waals surface area contributed by atoms with Crippen LogP contribution in [0.4, 0.5) is 5.69 Å². The van der Waals surface area contributed by atoms with Crippen molar-refractivity contribution in [3.8, 4) is 0 Å². The van der Waals surface area contributed by atoms with Crippen LogP contribution in [-0.4, -0.2) is 22.9 Å². The van der Waals surface area contributed by atoms with Crippen LogP contribution in [0.5, 0.6) is 0 Å². The summed E-state index contributed by atoms with van der Waals surface area (Å²) in [4.78, 5) is 21.9. The fraction of sp³-hybridized carbons (Fsp3) is 0.500. The van der Waals surface area contributed by atoms with E-state index >= 15 is 0 Å². The second-order valence-corrected chi connectivity index (χ2v) is 4.84. The molecule has 1 aromatic rings. The Kier molecular flexibility index (Phi) is 6.11. The smallest absolute Gasteiger partial charge is 0.269 e. The standard InChI is InChI=1S/C14H21N3O3/c1-4-10(2)16-14(18)11(3)15-9-12-5-7-13(8-6-12)17(19)20/h5-8,10-11,15H,4,9H2,1-3H3,(H,16,18). The van der Waals surface area contributed by atoms with Gasteiger partial charge in [0.15, 0.2) is 0 Å². The molecule has 1 rings (SSSR count). The fourth-order valence-electron chi connectivity index (χ4n) is 1.57. The molecule has 6 nitrogen and oxygen atoms in total. The molecule has 20 heavy (non-hydrogen) atoms. The van der Waals surface area contributed by atoms with Gasteiger partial charge < -0.3 is 10.6 Å². The molecule has 0 heterocycles. The Morgan fingerprint density at radius 2 is 1.90 bits per heavy atom. The predicted octanol–water partition coefficient (Wildman–Crippen LogP) is 1.99. The van der Waals surface area contributed by atoms with E-state index in [2.05, 4.69) is 10.6 Å². The number of nitro benzene ring substituents is 1. The van der Waals surface area contributed by atoms with Crippen LogP contribution in [0.3, 0.4) is 0 Å². The zero-order valence-corrected chi connectivity index (χ0v) is 12.1. The number of rotatable bonds is 7. The van der Waals surface area contributed by atoms with Gasteiger partial charge in [-0.2, -0.15) is 0 Å². The molecule has 1 aromatic carbocycles. The third-order valence-electron chi connectivity index (χ3n) is 3.15. The molecule has 1 amide bonds. The summed E-state index contributed by atoms with van der Waals surface area (Å²) in [5.41, 5.74) is 0.968. The van der Waals surface area contributed by atoms with Crippen molar-refractivity contribution in [3.63, 3.8) is 0 Å². The van der Waals surface area contributed by atoms with Crippen molar-refractivity contribution in [2.24, 2.45) is 0 Å². The summed E-state index contributed by atoms with van der Waals surface area (Å²) < 4.78 is 0. The van der Waals surface area contributed by atoms with E-state index in [9.17, 15) is 14.9 Å². The first-order chi connectivity index (χ1) is 9.43. The normalized spacial score (nSPS) is 13.6. The third-order valence-corrected chi connectivity index (χ3v) is 3.15. The number of hydrogen-bond donors (Lipinski definition) is 2. The molecule has 0 aromatic heterocycles. The highest BCUT2D eigenvalue weighted by Gasteiger charge is 2.14. The Balaban J connectivity index is 2.46. The van der Waals surface area contributed by atoms with Crippen LogP contribution < -0.4 is 10.6 Å². The highest BCUT2D eigenvalue weighted by Crippen LogP contribution is 2.11. The van der Waals surface area contributed by atoms with Crippen molar-refractivity contribution >= 4 is 11.6 Å². The van der Waals surface area contributed by atoms with E-state index in [1.54, 1.807) is 19.1 Å². The van der Waals surface area contributed by atoms with Gasteiger partial charge in [0.25, 0.3) is 5.69 Å². The Bertz CT molecular complexity index is 459. The molecule has 0 spiro atoms. The first-order valence-corrected chi connectivity index (χ1v) is 6.71. The molecule has 2 atom stereocenters. The lowest BCUT2D eigenvalue weighted by atomic mass is 10.2. The van der Waals surface area contributed by atoms with E-state index in [4.69, 9.17) is 0 Å². The number of nitrogens with one attached hydrogen (secondary N) is 2. The van der Waals surface area contributed by atoms with Crippen molar-refractivity contribution in [3.05, 3.63) is 39.9 Å². The van der Waals surface area contributed by atoms with E-state index in [0.29, 0.717) is 6.54 Å². The third kappa shape index (κ3) is 4.97. The van der Waals surface area contributed by atoms with Crippen LogP contribution in [0.25, 0.3) is 0 Å². The van der Waals surface area contributed by atoms with Gasteiger partial charge in [-0.05, 0) is 25.8 Å². The number of carbonyl (C=O) groups excluding carboxylic acids is 1. The van der Waals surface area contributed by atoms with Crippen LogP contribution in [0.15, 0.2) is 24.3 Å². The van der Waals surface area contributed by atoms with Crippen molar-refractivity contribution in [2.75, 3.05) is 0 Å². The van der Waals surface area contributed by atoms with Crippen molar-refractivity contribution in [1.82, 2.24) is 10.6 Å². The Labute approximate surface area is 118 Å². The molecule has 0 saturated heterocycles. The summed E-state index contributed by atoms with van der Waals surface area (Å²) in [7, 11) is 0. The average molecular weight is 279 g/mol. The number of carbonyl (C=O) groups is 1. The molecule has 2 unspecified atom stereocenters. The van der Waals surface area contributed by atoms with E-state index in [-0.39, 0.29) is 23.7 Å². The topological polar surface area (TPSA) is 84.3 Å². The van der Waals surface area contributed by atoms with E-state index in [1.807, 2.05) is 13.8 Å². The van der Waals surface area contributed by atoms with Crippen LogP contribution >= 0.6 is 0 Å². The highest BCUT2D eigenvalue weighted by atomic mass is 16.6. The SMILES string of the molecule is CCC(C)NC(=O)C(C)NCc1ccc([N+](=O)[O-])cc1. The molecule has 6 heteroatoms. The van der Waals surface area contributed by atoms with E-state index in [1.165, 1.54) is 12.1 Å². The van der Waals surface area contributed by atoms with Gasteiger partial charge in [-0.1, -0.05) is 19.1 Å². The van der Waals surface area contributed by atoms with Gasteiger partial charge in [0, 0.05) is 24.7 Å². The van der Waals surface area contributed by atoms with Gasteiger partial charge in [0.2, 0.25) is 5.91 Å². The van der Waals surface area contributed by atoms with Gasteiger partial charge in [-0.25, -0.2) is 0 Å². The number of nitro groups is 1. The monoisotopic (exact) mass is 279 g/mol. The Morgan fingerprint density at radius 3 is 2.40 bits per heavy atom. The van der Waals surface area contributed by atoms with Gasteiger partial charge in [0.1, 0.15) is 0 Å². The maximum Gasteiger partial charge on any atom is 0.269 e. The summed E-state index contributed by atoms with van der Waals surface area (Å²) in [6.45, 7) is 6.26. The predicted molar refractivity (Wildman–Crippen MR) is 77.3 cm³/mol. The summed E-state index contributed by atoms with van der Waals surface area (Å²) in [5, 5.41) is 16.5. The summed E-state index contributed by atoms with van der Waals surface area (Å²) in [6.07, 6.45) is 0.890. The molecular weight excluding hydrogens is 258 g/mol. The highest BCUT2D eigenvalue weighted by molar-refractivity contribution is 5.81. The van der Waals surface area contributed by atoms with Gasteiger partial charge in [0.05, 0.1) is 11.0 Å². The molecule has 0 aliphatic heterocycles. The minimum absolute atomic E-state index is 0.0405. The summed E-state index contributed by atoms with van der Waals surface area (Å²) in [6, 6.07) is 6.14. The molecule has 0 aliphatic carbocycles. The average Bonchev–Trinajstić information content (AvgIpc) is 2.44. The number of hydrogen-bond acceptors (Lipinski definition) is 4. The number of amides is 1. The number of non-ortho nitro benzene ring substituents is 1. The second-order valence-electron chi connectivity index (χ2n) is 4.84. The fourth-order valence-corrected chi connectivity index (χ4v) is 1.57. The maximum absolute atomic E-state index is 11.8. The van der Waals surface area contributed by atoms with Crippen LogP contribution in [-0.2, 0) is 11.3 Å². The van der Waals surface area contributed by atoms with Crippen molar-refractivity contribution in [1.29, 1.82) is 0 Å². The summed E-state index contributed by atoms with van der Waals surface area (Å²) in [5.74, 6) is -0.0405. The summed E-state index contributed by atoms with van der Waals surface area (Å²) >= 11 is 0. The molecule has 0 bridgehead atoms. The van der Waals surface area contributed by atoms with Crippen LogP contribution in [0, 0.1) is 10.1 Å². The minimum Gasteiger partial charge on any atom is -0.352 e. The largest absolute Gasteiger partial charge is 0.352 e. The quantitative estimate of drug-likeness (QED) is 0.590. The zero-order valence-electron chi connectivity index (χ0n) is 12.1. The Morgan fingerprint density at radius 1 is 1.30 bits per heavy atom. The first-order valence-electron chi connectivity index (χ1n) is 6.71. The molecule has 0 fully saturated rings. The van der Waals surface area contributed by atoms with Crippen LogP contribution in [0.2, 0.25) is 0 Å². The number of nitrogens with zero attached hydrogens (tertiary/aromatic N) is 1. The lowest BCUT2D eigenvalue weighted by Crippen LogP contribution is -2.45. The molecule has 0 saturated carbocycles. The molecular formula is C14H21N3O3. The van der Waals surface area contributed by atoms with Gasteiger partial charge >= 0.3 is 0 Å². The van der Waals surface area contributed by atoms with Crippen LogP contribution in [0.1, 0.15) is 32.8 Å². The molecule has 0 radical (unpaired) electrons. The van der Waals surface area contributed by atoms with Crippen molar-refractivity contribution < 1.29 is 9.72 Å². The second kappa shape index (κ2) is 7.59. The molecule has 110 valence electrons. The van der Waals surface area contributed by atoms with E-state index in [0.717, 1.165) is 12.0 Å². The maximum atomic E-state index is 11.8. The number of benzene rings is 1.